The van der Waals surface area contributed by atoms with Crippen molar-refractivity contribution in [2.75, 3.05) is 12.3 Å². The van der Waals surface area contributed by atoms with Crippen LogP contribution in [0.3, 0.4) is 0 Å². The van der Waals surface area contributed by atoms with Crippen LogP contribution in [0.5, 0.6) is 0 Å². The lowest BCUT2D eigenvalue weighted by Crippen LogP contribution is -2.14. The molecule has 0 aliphatic heterocycles. The van der Waals surface area contributed by atoms with E-state index in [9.17, 15) is 0 Å². The first kappa shape index (κ1) is 20.9. The van der Waals surface area contributed by atoms with Crippen LogP contribution in [0.25, 0.3) is 17.0 Å². The van der Waals surface area contributed by atoms with E-state index in [1.165, 1.54) is 0 Å². The third-order valence-corrected chi connectivity index (χ3v) is 5.90. The monoisotopic (exact) mass is 459 g/mol. The van der Waals surface area contributed by atoms with Gasteiger partial charge < -0.3 is 9.73 Å². The number of thioether (sulfide) groups is 1. The van der Waals surface area contributed by atoms with Crippen molar-refractivity contribution in [3.63, 3.8) is 0 Å². The highest BCUT2D eigenvalue weighted by molar-refractivity contribution is 7.99. The van der Waals surface area contributed by atoms with Crippen molar-refractivity contribution in [2.24, 2.45) is 0 Å². The third-order valence-electron chi connectivity index (χ3n) is 4.33. The molecular weight excluding hydrogens is 441 g/mol. The Morgan fingerprint density at radius 1 is 1.03 bits per heavy atom. The molecule has 2 aromatic heterocycles. The smallest absolute Gasteiger partial charge is 0.214 e. The zero-order valence-electron chi connectivity index (χ0n) is 16.0. The van der Waals surface area contributed by atoms with Crippen molar-refractivity contribution in [2.45, 2.75) is 18.1 Å². The first-order chi connectivity index (χ1) is 14.7. The Labute approximate surface area is 188 Å². The molecule has 0 atom stereocenters. The number of aromatic nitrogens is 4. The summed E-state index contributed by atoms with van der Waals surface area (Å²) in [5, 5.41) is 17.4. The van der Waals surface area contributed by atoms with Crippen LogP contribution < -0.4 is 5.32 Å². The van der Waals surface area contributed by atoms with Gasteiger partial charge in [-0.3, -0.25) is 0 Å². The maximum absolute atomic E-state index is 6.24. The lowest BCUT2D eigenvalue weighted by molar-refractivity contribution is 0.494. The number of rotatable bonds is 9. The number of para-hydroxylation sites is 1. The second kappa shape index (κ2) is 10.1. The molecule has 0 saturated heterocycles. The van der Waals surface area contributed by atoms with Crippen molar-refractivity contribution in [1.29, 1.82) is 0 Å². The van der Waals surface area contributed by atoms with Gasteiger partial charge in [0.25, 0.3) is 0 Å². The van der Waals surface area contributed by atoms with Gasteiger partial charge in [-0.25, -0.2) is 0 Å². The van der Waals surface area contributed by atoms with E-state index >= 15 is 0 Å². The van der Waals surface area contributed by atoms with Crippen LogP contribution in [-0.2, 0) is 6.54 Å². The molecule has 0 fully saturated rings. The minimum Gasteiger partial charge on any atom is -0.460 e. The minimum atomic E-state index is 0.614. The topological polar surface area (TPSA) is 68.8 Å². The highest BCUT2D eigenvalue weighted by Gasteiger charge is 2.10. The number of halogens is 2. The Kier molecular flexibility index (Phi) is 7.07. The first-order valence-corrected chi connectivity index (χ1v) is 11.2. The van der Waals surface area contributed by atoms with E-state index in [0.29, 0.717) is 22.4 Å². The van der Waals surface area contributed by atoms with E-state index in [1.807, 2.05) is 42.5 Å². The largest absolute Gasteiger partial charge is 0.460 e. The zero-order valence-corrected chi connectivity index (χ0v) is 18.3. The van der Waals surface area contributed by atoms with Gasteiger partial charge >= 0.3 is 0 Å². The summed E-state index contributed by atoms with van der Waals surface area (Å²) >= 11 is 13.9. The number of nitrogens with one attached hydrogen (secondary N) is 1. The van der Waals surface area contributed by atoms with E-state index in [0.717, 1.165) is 40.9 Å². The molecule has 0 spiro atoms. The third kappa shape index (κ3) is 5.23. The molecule has 1 N–H and O–H groups in total. The molecule has 0 unspecified atom stereocenters. The normalized spacial score (nSPS) is 11.1. The summed E-state index contributed by atoms with van der Waals surface area (Å²) < 4.78 is 7.65. The predicted octanol–water partition coefficient (Wildman–Crippen LogP) is 5.50. The van der Waals surface area contributed by atoms with Crippen molar-refractivity contribution < 1.29 is 4.42 Å². The van der Waals surface area contributed by atoms with Crippen molar-refractivity contribution in [1.82, 2.24) is 25.5 Å². The number of furan rings is 1. The maximum atomic E-state index is 6.24. The highest BCUT2D eigenvalue weighted by atomic mass is 35.5. The highest BCUT2D eigenvalue weighted by Crippen LogP contribution is 2.31. The predicted molar refractivity (Wildman–Crippen MR) is 120 cm³/mol. The molecule has 0 amide bonds. The lowest BCUT2D eigenvalue weighted by atomic mass is 10.2. The summed E-state index contributed by atoms with van der Waals surface area (Å²) in [7, 11) is 0. The number of nitrogens with zero attached hydrogens (tertiary/aromatic N) is 4. The molecule has 9 heteroatoms. The number of benzene rings is 2. The summed E-state index contributed by atoms with van der Waals surface area (Å²) in [4.78, 5) is 0. The van der Waals surface area contributed by atoms with E-state index < -0.39 is 0 Å². The summed E-state index contributed by atoms with van der Waals surface area (Å²) in [5.74, 6) is 2.46. The average Bonchev–Trinajstić information content (AvgIpc) is 3.42. The summed E-state index contributed by atoms with van der Waals surface area (Å²) in [6.07, 6.45) is 0.972. The Bertz CT molecular complexity index is 1100. The molecule has 2 heterocycles. The Hall–Kier alpha value is -2.32. The van der Waals surface area contributed by atoms with Gasteiger partial charge in [-0.05, 0) is 65.9 Å². The first-order valence-electron chi connectivity index (χ1n) is 9.42. The van der Waals surface area contributed by atoms with Gasteiger partial charge in [0.15, 0.2) is 0 Å². The van der Waals surface area contributed by atoms with Crippen molar-refractivity contribution in [3.05, 3.63) is 76.5 Å². The molecular formula is C21H19Cl2N5OS. The van der Waals surface area contributed by atoms with Gasteiger partial charge in [-0.1, -0.05) is 53.2 Å². The Morgan fingerprint density at radius 2 is 1.90 bits per heavy atom. The molecule has 4 rings (SSSR count). The second-order valence-corrected chi connectivity index (χ2v) is 8.38. The molecule has 4 aromatic rings. The van der Waals surface area contributed by atoms with Crippen LogP contribution in [0.1, 0.15) is 12.2 Å². The fraction of sp³-hybridized carbons (Fsp3) is 0.190. The maximum Gasteiger partial charge on any atom is 0.214 e. The molecule has 30 heavy (non-hydrogen) atoms. The van der Waals surface area contributed by atoms with Crippen LogP contribution >= 0.6 is 35.0 Å². The summed E-state index contributed by atoms with van der Waals surface area (Å²) in [5.41, 5.74) is 1.75. The van der Waals surface area contributed by atoms with Gasteiger partial charge in [-0.15, -0.1) is 5.10 Å². The van der Waals surface area contributed by atoms with Crippen molar-refractivity contribution in [3.8, 4) is 17.0 Å². The Balaban J connectivity index is 1.22. The van der Waals surface area contributed by atoms with Crippen LogP contribution in [0.2, 0.25) is 10.0 Å². The second-order valence-electron chi connectivity index (χ2n) is 6.48. The molecule has 0 aliphatic carbocycles. The number of hydrogen-bond acceptors (Lipinski definition) is 6. The number of tetrazole rings is 1. The van der Waals surface area contributed by atoms with Crippen LogP contribution in [0, 0.1) is 0 Å². The van der Waals surface area contributed by atoms with E-state index in [1.54, 1.807) is 34.6 Å². The standard InChI is InChI=1S/C21H19Cl2N5OS/c22-15-7-9-19(23)18(13-15)20-10-8-17(29-20)14-24-11-4-12-30-21-25-26-27-28(21)16-5-2-1-3-6-16/h1-3,5-10,13,24H,4,11-12,14H2. The SMILES string of the molecule is Clc1ccc(Cl)c(-c2ccc(CNCCCSc3nnnn3-c3ccccc3)o2)c1. The van der Waals surface area contributed by atoms with Crippen molar-refractivity contribution >= 4 is 35.0 Å². The summed E-state index contributed by atoms with van der Waals surface area (Å²) in [6.45, 7) is 1.50. The Morgan fingerprint density at radius 3 is 2.77 bits per heavy atom. The minimum absolute atomic E-state index is 0.614. The molecule has 0 bridgehead atoms. The lowest BCUT2D eigenvalue weighted by Gasteiger charge is -2.05. The van der Waals surface area contributed by atoms with E-state index in [4.69, 9.17) is 27.6 Å². The molecule has 0 saturated carbocycles. The van der Waals surface area contributed by atoms with Crippen LogP contribution in [0.4, 0.5) is 0 Å². The van der Waals surface area contributed by atoms with Gasteiger partial charge in [0.1, 0.15) is 11.5 Å². The quantitative estimate of drug-likeness (QED) is 0.263. The van der Waals surface area contributed by atoms with Crippen LogP contribution in [0.15, 0.2) is 70.2 Å². The van der Waals surface area contributed by atoms with E-state index in [2.05, 4.69) is 20.8 Å². The van der Waals surface area contributed by atoms with Crippen LogP contribution in [-0.4, -0.2) is 32.5 Å². The molecule has 0 radical (unpaired) electrons. The molecule has 154 valence electrons. The van der Waals surface area contributed by atoms with Gasteiger partial charge in [0, 0.05) is 16.3 Å². The van der Waals surface area contributed by atoms with Gasteiger partial charge in [0.2, 0.25) is 5.16 Å². The molecule has 2 aromatic carbocycles. The molecule has 6 nitrogen and oxygen atoms in total. The summed E-state index contributed by atoms with van der Waals surface area (Å²) in [6, 6.07) is 19.1. The molecule has 0 aliphatic rings. The average molecular weight is 460 g/mol. The van der Waals surface area contributed by atoms with Gasteiger partial charge in [0.05, 0.1) is 17.3 Å². The fourth-order valence-electron chi connectivity index (χ4n) is 2.88. The van der Waals surface area contributed by atoms with Gasteiger partial charge in [-0.2, -0.15) is 4.68 Å². The fourth-order valence-corrected chi connectivity index (χ4v) is 4.09. The van der Waals surface area contributed by atoms with E-state index in [-0.39, 0.29) is 0 Å². The zero-order chi connectivity index (χ0) is 20.8. The number of hydrogen-bond donors (Lipinski definition) is 1.